The number of nitrogens with one attached hydrogen (secondary N) is 1. The molecule has 1 amide bonds. The minimum Gasteiger partial charge on any atom is -0.355 e. The second kappa shape index (κ2) is 10.1. The van der Waals surface area contributed by atoms with Gasteiger partial charge in [-0.3, -0.25) is 9.78 Å². The molecule has 174 valence electrons. The summed E-state index contributed by atoms with van der Waals surface area (Å²) in [4.78, 5) is 20.9. The van der Waals surface area contributed by atoms with Gasteiger partial charge in [-0.1, -0.05) is 12.1 Å². The van der Waals surface area contributed by atoms with Gasteiger partial charge < -0.3 is 9.84 Å². The van der Waals surface area contributed by atoms with Gasteiger partial charge in [0.15, 0.2) is 5.82 Å². The number of rotatable bonds is 7. The van der Waals surface area contributed by atoms with Gasteiger partial charge in [-0.05, 0) is 43.7 Å². The highest BCUT2D eigenvalue weighted by Crippen LogP contribution is 2.25. The molecule has 0 atom stereocenters. The Balaban J connectivity index is 1.21. The smallest absolute Gasteiger partial charge is 0.281 e. The maximum atomic E-state index is 12.9. The lowest BCUT2D eigenvalue weighted by Crippen LogP contribution is -2.50. The number of nitrogens with zero attached hydrogens (tertiary/aromatic N) is 5. The summed E-state index contributed by atoms with van der Waals surface area (Å²) in [7, 11) is -3.43. The molecule has 2 aromatic heterocycles. The molecule has 0 unspecified atom stereocenters. The lowest BCUT2D eigenvalue weighted by molar-refractivity contribution is -0.126. The summed E-state index contributed by atoms with van der Waals surface area (Å²) in [5.41, 5.74) is 0.746. The second-order valence-corrected chi connectivity index (χ2v) is 10.5. The van der Waals surface area contributed by atoms with Crippen LogP contribution in [0, 0.1) is 11.8 Å². The molecule has 0 radical (unpaired) electrons. The van der Waals surface area contributed by atoms with E-state index < -0.39 is 10.2 Å². The van der Waals surface area contributed by atoms with Crippen molar-refractivity contribution in [1.82, 2.24) is 29.1 Å². The predicted octanol–water partition coefficient (Wildman–Crippen LogP) is 1.48. The standard InChI is InChI=1S/C21H30N6O4S/c1-16-5-11-26(12-6-16)32(29,30)27-13-7-17(8-14-27)20(28)23-10-4-19-24-21(31-25-19)18-3-2-9-22-15-18/h2-3,9,15-17H,4-8,10-14H2,1H3,(H,23,28). The Morgan fingerprint density at radius 2 is 1.84 bits per heavy atom. The maximum absolute atomic E-state index is 12.9. The summed E-state index contributed by atoms with van der Waals surface area (Å²) in [6, 6.07) is 3.63. The SMILES string of the molecule is CC1CCN(S(=O)(=O)N2CCC(C(=O)NCCc3noc(-c4cccnc4)n3)CC2)CC1. The van der Waals surface area contributed by atoms with Crippen molar-refractivity contribution in [3.8, 4) is 11.5 Å². The van der Waals surface area contributed by atoms with Gasteiger partial charge in [-0.2, -0.15) is 22.0 Å². The number of carbonyl (C=O) groups excluding carboxylic acids is 1. The molecular formula is C21H30N6O4S. The zero-order chi connectivity index (χ0) is 22.6. The minimum atomic E-state index is -3.43. The fourth-order valence-corrected chi connectivity index (χ4v) is 5.80. The summed E-state index contributed by atoms with van der Waals surface area (Å²) in [6.07, 6.45) is 6.65. The lowest BCUT2D eigenvalue weighted by Gasteiger charge is -2.37. The fraction of sp³-hybridized carbons (Fsp3) is 0.619. The maximum Gasteiger partial charge on any atom is 0.281 e. The number of pyridine rings is 1. The highest BCUT2D eigenvalue weighted by molar-refractivity contribution is 7.86. The number of amides is 1. The number of carbonyl (C=O) groups is 1. The van der Waals surface area contributed by atoms with Gasteiger partial charge in [0.05, 0.1) is 5.56 Å². The zero-order valence-corrected chi connectivity index (χ0v) is 19.1. The predicted molar refractivity (Wildman–Crippen MR) is 117 cm³/mol. The Bertz CT molecular complexity index is 996. The number of hydrogen-bond donors (Lipinski definition) is 1. The van der Waals surface area contributed by atoms with E-state index in [1.54, 1.807) is 22.8 Å². The van der Waals surface area contributed by atoms with Crippen LogP contribution in [0.5, 0.6) is 0 Å². The quantitative estimate of drug-likeness (QED) is 0.661. The van der Waals surface area contributed by atoms with Crippen molar-refractivity contribution >= 4 is 16.1 Å². The van der Waals surface area contributed by atoms with Gasteiger partial charge in [0, 0.05) is 57.5 Å². The van der Waals surface area contributed by atoms with Crippen LogP contribution in [0.1, 0.15) is 38.4 Å². The van der Waals surface area contributed by atoms with E-state index in [9.17, 15) is 13.2 Å². The highest BCUT2D eigenvalue weighted by Gasteiger charge is 2.35. The largest absolute Gasteiger partial charge is 0.355 e. The number of aromatic nitrogens is 3. The summed E-state index contributed by atoms with van der Waals surface area (Å²) >= 11 is 0. The Kier molecular flexibility index (Phi) is 7.17. The summed E-state index contributed by atoms with van der Waals surface area (Å²) in [6.45, 7) is 4.49. The van der Waals surface area contributed by atoms with Crippen molar-refractivity contribution in [2.24, 2.45) is 11.8 Å². The molecule has 10 nitrogen and oxygen atoms in total. The third-order valence-corrected chi connectivity index (χ3v) is 8.28. The van der Waals surface area contributed by atoms with Gasteiger partial charge in [0.25, 0.3) is 16.1 Å². The number of piperidine rings is 2. The van der Waals surface area contributed by atoms with E-state index in [1.807, 2.05) is 6.07 Å². The van der Waals surface area contributed by atoms with Gasteiger partial charge >= 0.3 is 0 Å². The minimum absolute atomic E-state index is 0.0511. The third kappa shape index (κ3) is 5.33. The van der Waals surface area contributed by atoms with Crippen molar-refractivity contribution in [3.05, 3.63) is 30.4 Å². The monoisotopic (exact) mass is 462 g/mol. The molecule has 0 saturated carbocycles. The van der Waals surface area contributed by atoms with Crippen molar-refractivity contribution in [1.29, 1.82) is 0 Å². The molecule has 2 aliphatic rings. The van der Waals surface area contributed by atoms with Crippen molar-refractivity contribution in [3.63, 3.8) is 0 Å². The molecule has 11 heteroatoms. The van der Waals surface area contributed by atoms with Crippen LogP contribution in [0.25, 0.3) is 11.5 Å². The van der Waals surface area contributed by atoms with Gasteiger partial charge in [-0.15, -0.1) is 0 Å². The molecule has 0 spiro atoms. The Labute approximate surface area is 188 Å². The molecule has 2 saturated heterocycles. The van der Waals surface area contributed by atoms with Crippen LogP contribution in [0.4, 0.5) is 0 Å². The molecule has 2 aliphatic heterocycles. The van der Waals surface area contributed by atoms with E-state index >= 15 is 0 Å². The summed E-state index contributed by atoms with van der Waals surface area (Å²) in [5, 5.41) is 6.87. The average molecular weight is 463 g/mol. The first-order valence-corrected chi connectivity index (χ1v) is 12.6. The summed E-state index contributed by atoms with van der Waals surface area (Å²) in [5.74, 6) is 1.26. The lowest BCUT2D eigenvalue weighted by atomic mass is 9.97. The average Bonchev–Trinajstić information content (AvgIpc) is 3.29. The Morgan fingerprint density at radius 1 is 1.16 bits per heavy atom. The van der Waals surface area contributed by atoms with Crippen LogP contribution in [-0.4, -0.2) is 70.8 Å². The van der Waals surface area contributed by atoms with E-state index in [0.29, 0.717) is 69.6 Å². The van der Waals surface area contributed by atoms with E-state index in [0.717, 1.165) is 18.4 Å². The molecule has 4 heterocycles. The molecular weight excluding hydrogens is 432 g/mol. The Hall–Kier alpha value is -2.37. The van der Waals surface area contributed by atoms with Crippen LogP contribution in [-0.2, 0) is 21.4 Å². The molecule has 2 fully saturated rings. The first-order chi connectivity index (χ1) is 15.4. The van der Waals surface area contributed by atoms with Crippen molar-refractivity contribution < 1.29 is 17.7 Å². The fourth-order valence-electron chi connectivity index (χ4n) is 4.13. The van der Waals surface area contributed by atoms with Crippen LogP contribution in [0.3, 0.4) is 0 Å². The normalized spacial score (nSPS) is 19.8. The van der Waals surface area contributed by atoms with Crippen LogP contribution in [0.15, 0.2) is 29.0 Å². The van der Waals surface area contributed by atoms with E-state index in [-0.39, 0.29) is 11.8 Å². The van der Waals surface area contributed by atoms with Crippen LogP contribution in [0.2, 0.25) is 0 Å². The van der Waals surface area contributed by atoms with Gasteiger partial charge in [0.2, 0.25) is 5.91 Å². The third-order valence-electron chi connectivity index (χ3n) is 6.24. The summed E-state index contributed by atoms with van der Waals surface area (Å²) < 4.78 is 34.1. The van der Waals surface area contributed by atoms with E-state index in [4.69, 9.17) is 4.52 Å². The van der Waals surface area contributed by atoms with Crippen LogP contribution < -0.4 is 5.32 Å². The first kappa shape index (κ1) is 22.8. The molecule has 4 rings (SSSR count). The number of hydrogen-bond acceptors (Lipinski definition) is 7. The van der Waals surface area contributed by atoms with Gasteiger partial charge in [0.1, 0.15) is 0 Å². The molecule has 0 aromatic carbocycles. The molecule has 0 bridgehead atoms. The van der Waals surface area contributed by atoms with Gasteiger partial charge in [-0.25, -0.2) is 0 Å². The molecule has 0 aliphatic carbocycles. The Morgan fingerprint density at radius 3 is 2.50 bits per heavy atom. The van der Waals surface area contributed by atoms with Crippen LogP contribution >= 0.6 is 0 Å². The van der Waals surface area contributed by atoms with E-state index in [1.165, 1.54) is 4.31 Å². The zero-order valence-electron chi connectivity index (χ0n) is 18.3. The molecule has 32 heavy (non-hydrogen) atoms. The molecule has 2 aromatic rings. The molecule has 1 N–H and O–H groups in total. The highest BCUT2D eigenvalue weighted by atomic mass is 32.2. The van der Waals surface area contributed by atoms with Crippen molar-refractivity contribution in [2.75, 3.05) is 32.7 Å². The second-order valence-electron chi connectivity index (χ2n) is 8.56. The first-order valence-electron chi connectivity index (χ1n) is 11.2. The topological polar surface area (TPSA) is 122 Å². The van der Waals surface area contributed by atoms with E-state index in [2.05, 4.69) is 27.4 Å². The van der Waals surface area contributed by atoms with Crippen molar-refractivity contribution in [2.45, 2.75) is 39.0 Å².